The predicted molar refractivity (Wildman–Crippen MR) is 114 cm³/mol. The number of benzene rings is 2. The van der Waals surface area contributed by atoms with Gasteiger partial charge in [0.05, 0.1) is 17.6 Å². The van der Waals surface area contributed by atoms with Gasteiger partial charge in [-0.15, -0.1) is 6.58 Å². The molecule has 28 heavy (non-hydrogen) atoms. The summed E-state index contributed by atoms with van der Waals surface area (Å²) in [5, 5.41) is 0. The first-order valence-corrected chi connectivity index (χ1v) is 9.57. The Hall–Kier alpha value is -2.90. The molecular weight excluding hydrogens is 394 g/mol. The lowest BCUT2D eigenvalue weighted by Gasteiger charge is -2.11. The Balaban J connectivity index is 1.82. The van der Waals surface area contributed by atoms with Gasteiger partial charge in [0.2, 0.25) is 0 Å². The summed E-state index contributed by atoms with van der Waals surface area (Å²) in [7, 11) is 1.49. The van der Waals surface area contributed by atoms with E-state index in [0.29, 0.717) is 32.8 Å². The summed E-state index contributed by atoms with van der Waals surface area (Å²) in [5.74, 6) is 0.0534. The Morgan fingerprint density at radius 3 is 2.64 bits per heavy atom. The van der Waals surface area contributed by atoms with E-state index >= 15 is 0 Å². The fourth-order valence-electron chi connectivity index (χ4n) is 2.53. The van der Waals surface area contributed by atoms with Crippen LogP contribution in [0.3, 0.4) is 0 Å². The van der Waals surface area contributed by atoms with Crippen molar-refractivity contribution in [1.29, 1.82) is 0 Å². The quantitative estimate of drug-likeness (QED) is 0.232. The van der Waals surface area contributed by atoms with Crippen LogP contribution in [-0.2, 0) is 4.79 Å². The van der Waals surface area contributed by atoms with E-state index in [1.165, 1.54) is 23.8 Å². The topological polar surface area (TPSA) is 55.8 Å². The zero-order valence-electron chi connectivity index (χ0n) is 15.1. The van der Waals surface area contributed by atoms with E-state index < -0.39 is 5.97 Å². The molecule has 1 saturated heterocycles. The van der Waals surface area contributed by atoms with Crippen LogP contribution >= 0.6 is 24.0 Å². The number of ether oxygens (including phenoxy) is 2. The van der Waals surface area contributed by atoms with Gasteiger partial charge in [-0.2, -0.15) is 0 Å². The van der Waals surface area contributed by atoms with E-state index in [1.54, 1.807) is 54.6 Å². The van der Waals surface area contributed by atoms with Crippen LogP contribution in [0.25, 0.3) is 6.08 Å². The van der Waals surface area contributed by atoms with Gasteiger partial charge in [0.25, 0.3) is 5.91 Å². The van der Waals surface area contributed by atoms with Crippen molar-refractivity contribution in [3.8, 4) is 11.5 Å². The van der Waals surface area contributed by atoms with E-state index in [4.69, 9.17) is 21.7 Å². The van der Waals surface area contributed by atoms with Crippen molar-refractivity contribution in [2.45, 2.75) is 0 Å². The molecule has 0 bridgehead atoms. The summed E-state index contributed by atoms with van der Waals surface area (Å²) in [6.07, 6.45) is 3.36. The Morgan fingerprint density at radius 2 is 1.96 bits per heavy atom. The van der Waals surface area contributed by atoms with Gasteiger partial charge in [-0.1, -0.05) is 54.3 Å². The third-order valence-electron chi connectivity index (χ3n) is 3.88. The smallest absolute Gasteiger partial charge is 0.343 e. The highest BCUT2D eigenvalue weighted by Crippen LogP contribution is 2.34. The Morgan fingerprint density at radius 1 is 1.21 bits per heavy atom. The number of nitrogens with zero attached hydrogens (tertiary/aromatic N) is 1. The zero-order valence-corrected chi connectivity index (χ0v) is 16.7. The molecule has 1 aliphatic heterocycles. The molecule has 0 unspecified atom stereocenters. The van der Waals surface area contributed by atoms with Crippen molar-refractivity contribution < 1.29 is 19.1 Å². The fourth-order valence-corrected chi connectivity index (χ4v) is 3.80. The first-order chi connectivity index (χ1) is 13.5. The minimum atomic E-state index is -0.475. The van der Waals surface area contributed by atoms with Crippen LogP contribution in [0.4, 0.5) is 0 Å². The number of rotatable bonds is 6. The van der Waals surface area contributed by atoms with Crippen molar-refractivity contribution in [2.24, 2.45) is 0 Å². The molecule has 0 atom stereocenters. The maximum atomic E-state index is 12.4. The first-order valence-electron chi connectivity index (χ1n) is 8.35. The van der Waals surface area contributed by atoms with Crippen LogP contribution < -0.4 is 9.47 Å². The molecule has 1 aliphatic rings. The van der Waals surface area contributed by atoms with Gasteiger partial charge >= 0.3 is 5.97 Å². The van der Waals surface area contributed by atoms with E-state index in [2.05, 4.69) is 6.58 Å². The lowest BCUT2D eigenvalue weighted by Crippen LogP contribution is -2.27. The second-order valence-electron chi connectivity index (χ2n) is 5.75. The Labute approximate surface area is 172 Å². The van der Waals surface area contributed by atoms with Crippen molar-refractivity contribution in [3.63, 3.8) is 0 Å². The minimum absolute atomic E-state index is 0.159. The third-order valence-corrected chi connectivity index (χ3v) is 5.26. The molecule has 0 aromatic heterocycles. The van der Waals surface area contributed by atoms with E-state index in [1.807, 2.05) is 6.07 Å². The van der Waals surface area contributed by atoms with Gasteiger partial charge in [-0.25, -0.2) is 4.79 Å². The largest absolute Gasteiger partial charge is 0.493 e. The number of esters is 1. The van der Waals surface area contributed by atoms with Crippen LogP contribution in [-0.4, -0.2) is 34.8 Å². The lowest BCUT2D eigenvalue weighted by molar-refractivity contribution is -0.121. The van der Waals surface area contributed by atoms with Gasteiger partial charge < -0.3 is 9.47 Å². The molecule has 142 valence electrons. The average molecular weight is 412 g/mol. The van der Waals surface area contributed by atoms with Crippen LogP contribution in [0, 0.1) is 0 Å². The van der Waals surface area contributed by atoms with Crippen molar-refractivity contribution in [3.05, 3.63) is 77.2 Å². The lowest BCUT2D eigenvalue weighted by atomic mass is 10.1. The highest BCUT2D eigenvalue weighted by atomic mass is 32.2. The first kappa shape index (κ1) is 19.9. The molecule has 1 heterocycles. The van der Waals surface area contributed by atoms with E-state index in [9.17, 15) is 9.59 Å². The summed E-state index contributed by atoms with van der Waals surface area (Å²) in [5.41, 5.74) is 1.18. The van der Waals surface area contributed by atoms with Gasteiger partial charge in [-0.3, -0.25) is 9.69 Å². The van der Waals surface area contributed by atoms with Crippen LogP contribution in [0.2, 0.25) is 0 Å². The van der Waals surface area contributed by atoms with Crippen LogP contribution in [0.1, 0.15) is 15.9 Å². The number of thiocarbonyl (C=S) groups is 1. The summed E-state index contributed by atoms with van der Waals surface area (Å²) < 4.78 is 11.3. The number of thioether (sulfide) groups is 1. The monoisotopic (exact) mass is 411 g/mol. The molecule has 1 amide bonds. The molecule has 0 aliphatic carbocycles. The molecule has 7 heteroatoms. The van der Waals surface area contributed by atoms with Crippen LogP contribution in [0.15, 0.2) is 66.1 Å². The van der Waals surface area contributed by atoms with Crippen molar-refractivity contribution in [2.75, 3.05) is 13.7 Å². The number of carbonyl (C=O) groups is 2. The number of hydrogen-bond donors (Lipinski definition) is 0. The Bertz CT molecular complexity index is 970. The second-order valence-corrected chi connectivity index (χ2v) is 7.42. The second kappa shape index (κ2) is 8.86. The third kappa shape index (κ3) is 4.32. The molecule has 5 nitrogen and oxygen atoms in total. The highest BCUT2D eigenvalue weighted by Gasteiger charge is 2.31. The average Bonchev–Trinajstić information content (AvgIpc) is 2.97. The van der Waals surface area contributed by atoms with E-state index in [-0.39, 0.29) is 5.91 Å². The summed E-state index contributed by atoms with van der Waals surface area (Å²) in [6.45, 7) is 4.01. The molecule has 0 spiro atoms. The maximum Gasteiger partial charge on any atom is 0.343 e. The molecule has 0 N–H and O–H groups in total. The zero-order chi connectivity index (χ0) is 20.1. The summed E-state index contributed by atoms with van der Waals surface area (Å²) in [6, 6.07) is 13.8. The molecule has 0 saturated carbocycles. The molecule has 0 radical (unpaired) electrons. The number of methoxy groups -OCH3 is 1. The van der Waals surface area contributed by atoms with Crippen LogP contribution in [0.5, 0.6) is 11.5 Å². The SMILES string of the molecule is C=CCN1C(=O)/C(=C\c2ccc(OC(=O)c3ccccc3)c(OC)c2)SC1=S. The van der Waals surface area contributed by atoms with Gasteiger partial charge in [0.1, 0.15) is 4.32 Å². The van der Waals surface area contributed by atoms with Crippen molar-refractivity contribution >= 4 is 46.3 Å². The number of hydrogen-bond acceptors (Lipinski definition) is 6. The molecule has 2 aromatic rings. The molecule has 3 rings (SSSR count). The summed E-state index contributed by atoms with van der Waals surface area (Å²) >= 11 is 6.47. The fraction of sp³-hybridized carbons (Fsp3) is 0.0952. The normalized spacial score (nSPS) is 15.0. The molecular formula is C21H17NO4S2. The highest BCUT2D eigenvalue weighted by molar-refractivity contribution is 8.26. The minimum Gasteiger partial charge on any atom is -0.493 e. The van der Waals surface area contributed by atoms with Crippen molar-refractivity contribution in [1.82, 2.24) is 4.90 Å². The standard InChI is InChI=1S/C21H17NO4S2/c1-3-11-22-19(23)18(28-21(22)27)13-14-9-10-16(17(12-14)25-2)26-20(24)15-7-5-4-6-8-15/h3-10,12-13H,1,11H2,2H3/b18-13+. The Kier molecular flexibility index (Phi) is 6.28. The molecule has 2 aromatic carbocycles. The molecule has 1 fully saturated rings. The van der Waals surface area contributed by atoms with Gasteiger partial charge in [0.15, 0.2) is 11.5 Å². The predicted octanol–water partition coefficient (Wildman–Crippen LogP) is 4.30. The maximum absolute atomic E-state index is 12.4. The van der Waals surface area contributed by atoms with Gasteiger partial charge in [-0.05, 0) is 35.9 Å². The summed E-state index contributed by atoms with van der Waals surface area (Å²) in [4.78, 5) is 26.7. The number of carbonyl (C=O) groups excluding carboxylic acids is 2. The van der Waals surface area contributed by atoms with E-state index in [0.717, 1.165) is 5.56 Å². The number of amides is 1. The van der Waals surface area contributed by atoms with Gasteiger partial charge in [0, 0.05) is 6.54 Å².